The molecule has 0 N–H and O–H groups in total. The Morgan fingerprint density at radius 1 is 1.36 bits per heavy atom. The van der Waals surface area contributed by atoms with Crippen LogP contribution in [0.25, 0.3) is 6.08 Å². The molecule has 1 aromatic rings. The molecule has 4 heteroatoms. The van der Waals surface area contributed by atoms with Crippen LogP contribution < -0.4 is 0 Å². The van der Waals surface area contributed by atoms with Gasteiger partial charge in [0.25, 0.3) is 0 Å². The third-order valence-corrected chi connectivity index (χ3v) is 2.37. The lowest BCUT2D eigenvalue weighted by molar-refractivity contribution is -0.112. The van der Waals surface area contributed by atoms with Gasteiger partial charge < -0.3 is 0 Å². The maximum atomic E-state index is 10.9. The van der Waals surface area contributed by atoms with Gasteiger partial charge in [0.1, 0.15) is 0 Å². The standard InChI is InChI=1S/C10H7Cl3O/c11-6-9(14)4-2-7-1-3-8(12)5-10(7)13/h1-5H,6H2. The summed E-state index contributed by atoms with van der Waals surface area (Å²) in [4.78, 5) is 10.9. The van der Waals surface area contributed by atoms with Gasteiger partial charge in [0, 0.05) is 10.0 Å². The first-order chi connectivity index (χ1) is 6.63. The van der Waals surface area contributed by atoms with Gasteiger partial charge in [0.2, 0.25) is 0 Å². The molecule has 0 amide bonds. The highest BCUT2D eigenvalue weighted by Crippen LogP contribution is 2.21. The van der Waals surface area contributed by atoms with E-state index in [9.17, 15) is 4.79 Å². The minimum atomic E-state index is -0.155. The summed E-state index contributed by atoms with van der Waals surface area (Å²) in [5, 5.41) is 1.08. The van der Waals surface area contributed by atoms with E-state index >= 15 is 0 Å². The molecule has 74 valence electrons. The molecular formula is C10H7Cl3O. The Morgan fingerprint density at radius 3 is 2.64 bits per heavy atom. The van der Waals surface area contributed by atoms with Crippen molar-refractivity contribution in [3.8, 4) is 0 Å². The van der Waals surface area contributed by atoms with Crippen LogP contribution >= 0.6 is 34.8 Å². The number of benzene rings is 1. The van der Waals surface area contributed by atoms with Gasteiger partial charge in [-0.05, 0) is 29.8 Å². The summed E-state index contributed by atoms with van der Waals surface area (Å²) in [6, 6.07) is 5.06. The average molecular weight is 250 g/mol. The molecule has 0 atom stereocenters. The zero-order chi connectivity index (χ0) is 10.6. The lowest BCUT2D eigenvalue weighted by Gasteiger charge is -1.97. The zero-order valence-corrected chi connectivity index (χ0v) is 9.40. The summed E-state index contributed by atoms with van der Waals surface area (Å²) in [5.41, 5.74) is 0.745. The molecule has 0 saturated carbocycles. The Bertz CT molecular complexity index is 372. The number of alkyl halides is 1. The zero-order valence-electron chi connectivity index (χ0n) is 7.14. The molecule has 1 nitrogen and oxygen atoms in total. The largest absolute Gasteiger partial charge is 0.294 e. The molecule has 0 aliphatic carbocycles. The maximum Gasteiger partial charge on any atom is 0.170 e. The lowest BCUT2D eigenvalue weighted by Crippen LogP contribution is -1.91. The summed E-state index contributed by atoms with van der Waals surface area (Å²) < 4.78 is 0. The third kappa shape index (κ3) is 3.33. The van der Waals surface area contributed by atoms with Crippen LogP contribution in [0.5, 0.6) is 0 Å². The molecule has 0 fully saturated rings. The van der Waals surface area contributed by atoms with E-state index in [0.717, 1.165) is 5.56 Å². The topological polar surface area (TPSA) is 17.1 Å². The van der Waals surface area contributed by atoms with E-state index in [2.05, 4.69) is 0 Å². The first-order valence-electron chi connectivity index (χ1n) is 3.85. The van der Waals surface area contributed by atoms with Crippen LogP contribution in [0.3, 0.4) is 0 Å². The van der Waals surface area contributed by atoms with Crippen LogP contribution in [-0.2, 0) is 4.79 Å². The minimum Gasteiger partial charge on any atom is -0.294 e. The van der Waals surface area contributed by atoms with Crippen molar-refractivity contribution in [2.45, 2.75) is 0 Å². The average Bonchev–Trinajstić information content (AvgIpc) is 2.16. The van der Waals surface area contributed by atoms with Crippen LogP contribution in [0.4, 0.5) is 0 Å². The Labute approximate surface area is 97.3 Å². The second kappa shape index (κ2) is 5.40. The monoisotopic (exact) mass is 248 g/mol. The molecular weight excluding hydrogens is 242 g/mol. The van der Waals surface area contributed by atoms with E-state index < -0.39 is 0 Å². The van der Waals surface area contributed by atoms with Crippen LogP contribution in [0.15, 0.2) is 24.3 Å². The van der Waals surface area contributed by atoms with E-state index in [1.165, 1.54) is 6.08 Å². The van der Waals surface area contributed by atoms with Crippen LogP contribution in [0, 0.1) is 0 Å². The van der Waals surface area contributed by atoms with E-state index in [1.54, 1.807) is 24.3 Å². The molecule has 0 spiro atoms. The van der Waals surface area contributed by atoms with Gasteiger partial charge in [0.15, 0.2) is 5.78 Å². The molecule has 0 saturated heterocycles. The number of rotatable bonds is 3. The van der Waals surface area contributed by atoms with Gasteiger partial charge in [-0.1, -0.05) is 29.3 Å². The number of halogens is 3. The van der Waals surface area contributed by atoms with Crippen molar-refractivity contribution in [3.05, 3.63) is 39.9 Å². The molecule has 1 aromatic carbocycles. The van der Waals surface area contributed by atoms with Crippen molar-refractivity contribution in [2.24, 2.45) is 0 Å². The Hall–Kier alpha value is -0.500. The summed E-state index contributed by atoms with van der Waals surface area (Å²) >= 11 is 16.9. The normalized spacial score (nSPS) is 10.8. The van der Waals surface area contributed by atoms with Crippen molar-refractivity contribution in [1.29, 1.82) is 0 Å². The summed E-state index contributed by atoms with van der Waals surface area (Å²) in [6.45, 7) is 0. The van der Waals surface area contributed by atoms with Gasteiger partial charge in [-0.3, -0.25) is 4.79 Å². The fourth-order valence-corrected chi connectivity index (χ4v) is 1.42. The molecule has 0 bridgehead atoms. The fourth-order valence-electron chi connectivity index (χ4n) is 0.864. The molecule has 0 aliphatic rings. The number of ketones is 1. The molecule has 14 heavy (non-hydrogen) atoms. The van der Waals surface area contributed by atoms with Crippen molar-refractivity contribution >= 4 is 46.7 Å². The van der Waals surface area contributed by atoms with E-state index in [1.807, 2.05) is 0 Å². The van der Waals surface area contributed by atoms with Gasteiger partial charge in [-0.2, -0.15) is 0 Å². The lowest BCUT2D eigenvalue weighted by atomic mass is 10.2. The molecule has 0 aliphatic heterocycles. The summed E-state index contributed by atoms with van der Waals surface area (Å²) in [5.74, 6) is -0.181. The van der Waals surface area contributed by atoms with Gasteiger partial charge >= 0.3 is 0 Å². The van der Waals surface area contributed by atoms with Crippen LogP contribution in [0.2, 0.25) is 10.0 Å². The van der Waals surface area contributed by atoms with E-state index in [0.29, 0.717) is 10.0 Å². The second-order valence-corrected chi connectivity index (χ2v) is 3.71. The second-order valence-electron chi connectivity index (χ2n) is 2.60. The van der Waals surface area contributed by atoms with E-state index in [-0.39, 0.29) is 11.7 Å². The first-order valence-corrected chi connectivity index (χ1v) is 5.14. The first kappa shape index (κ1) is 11.6. The van der Waals surface area contributed by atoms with Gasteiger partial charge in [-0.15, -0.1) is 11.6 Å². The highest BCUT2D eigenvalue weighted by atomic mass is 35.5. The highest BCUT2D eigenvalue weighted by molar-refractivity contribution is 6.35. The van der Waals surface area contributed by atoms with Crippen LogP contribution in [-0.4, -0.2) is 11.7 Å². The smallest absolute Gasteiger partial charge is 0.170 e. The Morgan fingerprint density at radius 2 is 2.07 bits per heavy atom. The predicted octanol–water partition coefficient (Wildman–Crippen LogP) is 3.81. The van der Waals surface area contributed by atoms with Gasteiger partial charge in [-0.25, -0.2) is 0 Å². The number of carbonyl (C=O) groups excluding carboxylic acids is 1. The number of carbonyl (C=O) groups is 1. The Balaban J connectivity index is 2.87. The molecule has 0 aromatic heterocycles. The highest BCUT2D eigenvalue weighted by Gasteiger charge is 1.98. The summed E-state index contributed by atoms with van der Waals surface area (Å²) in [7, 11) is 0. The number of allylic oxidation sites excluding steroid dienone is 1. The predicted molar refractivity (Wildman–Crippen MR) is 61.2 cm³/mol. The van der Waals surface area contributed by atoms with Crippen molar-refractivity contribution in [1.82, 2.24) is 0 Å². The van der Waals surface area contributed by atoms with Crippen molar-refractivity contribution in [3.63, 3.8) is 0 Å². The third-order valence-electron chi connectivity index (χ3n) is 1.54. The molecule has 1 rings (SSSR count). The SMILES string of the molecule is O=C(C=Cc1ccc(Cl)cc1Cl)CCl. The molecule has 0 radical (unpaired) electrons. The number of hydrogen-bond donors (Lipinski definition) is 0. The summed E-state index contributed by atoms with van der Waals surface area (Å²) in [6.07, 6.45) is 3.01. The van der Waals surface area contributed by atoms with E-state index in [4.69, 9.17) is 34.8 Å². The van der Waals surface area contributed by atoms with Crippen molar-refractivity contribution in [2.75, 3.05) is 5.88 Å². The minimum absolute atomic E-state index is 0.0261. The number of hydrogen-bond acceptors (Lipinski definition) is 1. The molecule has 0 heterocycles. The fraction of sp³-hybridized carbons (Fsp3) is 0.100. The maximum absolute atomic E-state index is 10.9. The Kier molecular flexibility index (Phi) is 4.46. The van der Waals surface area contributed by atoms with Crippen molar-refractivity contribution < 1.29 is 4.79 Å². The van der Waals surface area contributed by atoms with Crippen LogP contribution in [0.1, 0.15) is 5.56 Å². The molecule has 0 unspecified atom stereocenters. The van der Waals surface area contributed by atoms with Gasteiger partial charge in [0.05, 0.1) is 5.88 Å². The quantitative estimate of drug-likeness (QED) is 0.588.